The highest BCUT2D eigenvalue weighted by Gasteiger charge is 2.49. The average Bonchev–Trinajstić information content (AvgIpc) is 2.78. The van der Waals surface area contributed by atoms with Crippen LogP contribution >= 0.6 is 23.7 Å². The van der Waals surface area contributed by atoms with E-state index in [0.717, 1.165) is 22.4 Å². The van der Waals surface area contributed by atoms with Gasteiger partial charge in [-0.1, -0.05) is 0 Å². The molecule has 180 valence electrons. The van der Waals surface area contributed by atoms with Crippen molar-refractivity contribution in [2.75, 3.05) is 31.4 Å². The maximum absolute atomic E-state index is 13.7. The summed E-state index contributed by atoms with van der Waals surface area (Å²) in [6.45, 7) is 1.27. The van der Waals surface area contributed by atoms with E-state index in [1.54, 1.807) is 6.07 Å². The van der Waals surface area contributed by atoms with E-state index in [1.807, 2.05) is 28.6 Å². The topological polar surface area (TPSA) is 53.0 Å². The van der Waals surface area contributed by atoms with Crippen LogP contribution in [0.15, 0.2) is 21.9 Å². The predicted octanol–water partition coefficient (Wildman–Crippen LogP) is 5.62. The number of carbonyl (C=O) groups is 1. The number of carboxylic acids is 1. The number of halogens is 4. The molecule has 0 amide bonds. The van der Waals surface area contributed by atoms with Crippen LogP contribution in [0.5, 0.6) is 5.75 Å². The lowest BCUT2D eigenvalue weighted by Gasteiger charge is -2.45. The molecule has 1 saturated carbocycles. The first-order valence-electron chi connectivity index (χ1n) is 10.4. The molecule has 1 aliphatic carbocycles. The van der Waals surface area contributed by atoms with E-state index in [0.29, 0.717) is 12.3 Å². The number of hydrogen-bond donors (Lipinski definition) is 1. The van der Waals surface area contributed by atoms with Crippen molar-refractivity contribution < 1.29 is 32.2 Å². The molecule has 1 aromatic carbocycles. The molecule has 1 heterocycles. The molecule has 32 heavy (non-hydrogen) atoms. The fraction of sp³-hybridized carbons (Fsp3) is 0.667. The molecule has 5 nitrogen and oxygen atoms in total. The fourth-order valence-corrected chi connectivity index (χ4v) is 5.52. The molecule has 1 N–H and O–H groups in total. The summed E-state index contributed by atoms with van der Waals surface area (Å²) in [7, 11) is 1.82. The lowest BCUT2D eigenvalue weighted by Crippen LogP contribution is -2.53. The quantitative estimate of drug-likeness (QED) is 0.270. The van der Waals surface area contributed by atoms with Gasteiger partial charge >= 0.3 is 5.97 Å². The Bertz CT molecular complexity index is 830. The van der Waals surface area contributed by atoms with E-state index in [4.69, 9.17) is 9.84 Å². The molecule has 1 aliphatic heterocycles. The van der Waals surface area contributed by atoms with Crippen molar-refractivity contribution in [3.8, 4) is 5.75 Å². The van der Waals surface area contributed by atoms with Crippen molar-refractivity contribution in [3.63, 3.8) is 0 Å². The standard InChI is InChI=1S/C21H28F4N2O3S2/c1-20(22,23)6-4-13-12-27(14-10-21(24,25)11-14)15-8-18(31-3)16(30-7-5-19(28)29)9-17(15)32-26(13)2/h8-9,13-14H,4-7,10-12H2,1-3H3,(H,28,29). The van der Waals surface area contributed by atoms with Gasteiger partial charge in [0.05, 0.1) is 28.5 Å². The van der Waals surface area contributed by atoms with Gasteiger partial charge in [0.1, 0.15) is 5.75 Å². The number of thioether (sulfide) groups is 1. The molecule has 2 aliphatic rings. The third kappa shape index (κ3) is 6.38. The van der Waals surface area contributed by atoms with Crippen molar-refractivity contribution >= 4 is 35.4 Å². The number of carboxylic acid groups (broad SMARTS) is 1. The Labute approximate surface area is 194 Å². The number of fused-ring (bicyclic) bond motifs is 1. The largest absolute Gasteiger partial charge is 0.492 e. The van der Waals surface area contributed by atoms with Gasteiger partial charge in [-0.3, -0.25) is 4.79 Å². The Morgan fingerprint density at radius 1 is 1.38 bits per heavy atom. The lowest BCUT2D eigenvalue weighted by molar-refractivity contribution is -0.137. The molecule has 0 radical (unpaired) electrons. The van der Waals surface area contributed by atoms with Crippen LogP contribution < -0.4 is 9.64 Å². The molecular weight excluding hydrogens is 468 g/mol. The number of anilines is 1. The minimum atomic E-state index is -2.80. The Kier molecular flexibility index (Phi) is 7.81. The van der Waals surface area contributed by atoms with Gasteiger partial charge in [0.2, 0.25) is 5.92 Å². The highest BCUT2D eigenvalue weighted by Crippen LogP contribution is 2.49. The molecule has 0 spiro atoms. The number of ether oxygens (including phenoxy) is 1. The van der Waals surface area contributed by atoms with Gasteiger partial charge in [-0.05, 0) is 50.7 Å². The summed E-state index contributed by atoms with van der Waals surface area (Å²) in [6.07, 6.45) is 1.14. The van der Waals surface area contributed by atoms with Crippen LogP contribution in [0.2, 0.25) is 0 Å². The van der Waals surface area contributed by atoms with Crippen LogP contribution in [0.25, 0.3) is 0 Å². The first-order valence-corrected chi connectivity index (χ1v) is 12.4. The maximum atomic E-state index is 13.7. The highest BCUT2D eigenvalue weighted by molar-refractivity contribution is 7.98. The summed E-state index contributed by atoms with van der Waals surface area (Å²) in [5.41, 5.74) is 0.781. The minimum absolute atomic E-state index is 0.00888. The van der Waals surface area contributed by atoms with Gasteiger partial charge in [0.25, 0.3) is 5.92 Å². The Balaban J connectivity index is 1.91. The zero-order valence-corrected chi connectivity index (χ0v) is 19.9. The van der Waals surface area contributed by atoms with Crippen LogP contribution in [-0.2, 0) is 4.79 Å². The summed E-state index contributed by atoms with van der Waals surface area (Å²) in [6, 6.07) is 3.06. The second-order valence-corrected chi connectivity index (χ2v) is 10.5. The van der Waals surface area contributed by atoms with Gasteiger partial charge < -0.3 is 14.7 Å². The maximum Gasteiger partial charge on any atom is 0.306 e. The molecular formula is C21H28F4N2O3S2. The monoisotopic (exact) mass is 496 g/mol. The second-order valence-electron chi connectivity index (χ2n) is 8.43. The number of rotatable bonds is 9. The highest BCUT2D eigenvalue weighted by atomic mass is 32.2. The van der Waals surface area contributed by atoms with E-state index in [-0.39, 0.29) is 50.8 Å². The summed E-state index contributed by atoms with van der Waals surface area (Å²) < 4.78 is 62.1. The molecule has 1 unspecified atom stereocenters. The smallest absolute Gasteiger partial charge is 0.306 e. The number of alkyl halides is 4. The predicted molar refractivity (Wildman–Crippen MR) is 119 cm³/mol. The average molecular weight is 497 g/mol. The number of nitrogens with zero attached hydrogens (tertiary/aromatic N) is 2. The van der Waals surface area contributed by atoms with E-state index in [9.17, 15) is 22.4 Å². The second kappa shape index (κ2) is 9.89. The zero-order chi connectivity index (χ0) is 23.7. The number of aliphatic carboxylic acids is 1. The van der Waals surface area contributed by atoms with E-state index in [1.165, 1.54) is 23.7 Å². The van der Waals surface area contributed by atoms with Crippen LogP contribution in [-0.4, -0.2) is 65.8 Å². The fourth-order valence-electron chi connectivity index (χ4n) is 3.91. The van der Waals surface area contributed by atoms with Crippen molar-refractivity contribution in [1.29, 1.82) is 0 Å². The summed E-state index contributed by atoms with van der Waals surface area (Å²) in [4.78, 5) is 14.3. The summed E-state index contributed by atoms with van der Waals surface area (Å²) in [5.74, 6) is -5.94. The van der Waals surface area contributed by atoms with Gasteiger partial charge in [-0.2, -0.15) is 0 Å². The van der Waals surface area contributed by atoms with E-state index < -0.39 is 17.8 Å². The molecule has 0 aromatic heterocycles. The summed E-state index contributed by atoms with van der Waals surface area (Å²) in [5, 5.41) is 8.87. The lowest BCUT2D eigenvalue weighted by atomic mass is 9.86. The first kappa shape index (κ1) is 25.3. The van der Waals surface area contributed by atoms with Crippen LogP contribution in [0, 0.1) is 0 Å². The van der Waals surface area contributed by atoms with Crippen LogP contribution in [0.4, 0.5) is 23.2 Å². The zero-order valence-electron chi connectivity index (χ0n) is 18.2. The number of likely N-dealkylation sites (N-methyl/N-ethyl adjacent to an activating group) is 1. The first-order chi connectivity index (χ1) is 14.9. The van der Waals surface area contributed by atoms with E-state index >= 15 is 0 Å². The van der Waals surface area contributed by atoms with Gasteiger partial charge in [0.15, 0.2) is 0 Å². The molecule has 1 atom stereocenters. The molecule has 1 fully saturated rings. The third-order valence-electron chi connectivity index (χ3n) is 5.72. The summed E-state index contributed by atoms with van der Waals surface area (Å²) >= 11 is 2.79. The van der Waals surface area contributed by atoms with Crippen molar-refractivity contribution in [1.82, 2.24) is 4.31 Å². The van der Waals surface area contributed by atoms with Gasteiger partial charge in [-0.15, -0.1) is 11.8 Å². The Hall–Kier alpha value is -1.33. The Morgan fingerprint density at radius 2 is 2.06 bits per heavy atom. The van der Waals surface area contributed by atoms with Crippen molar-refractivity contribution in [2.45, 2.75) is 72.7 Å². The van der Waals surface area contributed by atoms with Crippen molar-refractivity contribution in [3.05, 3.63) is 12.1 Å². The van der Waals surface area contributed by atoms with Crippen molar-refractivity contribution in [2.24, 2.45) is 0 Å². The molecule has 0 saturated heterocycles. The van der Waals surface area contributed by atoms with E-state index in [2.05, 4.69) is 0 Å². The minimum Gasteiger partial charge on any atom is -0.492 e. The van der Waals surface area contributed by atoms with Crippen LogP contribution in [0.3, 0.4) is 0 Å². The molecule has 1 aromatic rings. The van der Waals surface area contributed by atoms with Crippen LogP contribution in [0.1, 0.15) is 39.0 Å². The molecule has 11 heteroatoms. The molecule has 3 rings (SSSR count). The number of benzene rings is 1. The molecule has 0 bridgehead atoms. The SMILES string of the molecule is CSc1cc2c(cc1OCCC(=O)O)SN(C)C(CCC(C)(F)F)CN2C1CC(F)(F)C1. The number of hydrogen-bond acceptors (Lipinski definition) is 6. The van der Waals surface area contributed by atoms with Gasteiger partial charge in [-0.25, -0.2) is 21.9 Å². The third-order valence-corrected chi connectivity index (χ3v) is 7.59. The van der Waals surface area contributed by atoms with Gasteiger partial charge in [0, 0.05) is 37.9 Å². The normalized spacial score (nSPS) is 21.6. The Morgan fingerprint density at radius 3 is 2.62 bits per heavy atom.